The second-order valence-electron chi connectivity index (χ2n) is 12.8. The van der Waals surface area contributed by atoms with Crippen molar-refractivity contribution in [3.8, 4) is 11.1 Å². The summed E-state index contributed by atoms with van der Waals surface area (Å²) in [6.07, 6.45) is -0.138. The van der Waals surface area contributed by atoms with E-state index < -0.39 is 0 Å². The smallest absolute Gasteiger partial charge is 0.409 e. The second-order valence-corrected chi connectivity index (χ2v) is 12.8. The molecule has 2 aromatic carbocycles. The fourth-order valence-electron chi connectivity index (χ4n) is 5.42. The van der Waals surface area contributed by atoms with Crippen LogP contribution in [0.2, 0.25) is 0 Å². The van der Waals surface area contributed by atoms with Crippen LogP contribution in [0.15, 0.2) is 48.5 Å². The Morgan fingerprint density at radius 3 is 1.15 bits per heavy atom. The Morgan fingerprint density at radius 2 is 0.800 bits per heavy atom. The molecule has 2 aromatic rings. The molecule has 14 nitrogen and oxygen atoms in total. The summed E-state index contributed by atoms with van der Waals surface area (Å²) in [7, 11) is 1.71. The maximum absolute atomic E-state index is 12.6. The topological polar surface area (TPSA) is 131 Å². The molecule has 0 unspecified atom stereocenters. The van der Waals surface area contributed by atoms with E-state index in [0.29, 0.717) is 152 Å². The van der Waals surface area contributed by atoms with Crippen LogP contribution in [0.5, 0.6) is 0 Å². The third-order valence-electron chi connectivity index (χ3n) is 8.25. The van der Waals surface area contributed by atoms with Crippen LogP contribution in [-0.4, -0.2) is 176 Å². The Bertz CT molecular complexity index is 1190. The molecule has 0 saturated carbocycles. The van der Waals surface area contributed by atoms with Crippen molar-refractivity contribution in [2.45, 2.75) is 25.9 Å². The average Bonchev–Trinajstić information content (AvgIpc) is 3.51. The summed E-state index contributed by atoms with van der Waals surface area (Å²) in [4.78, 5) is 14.1. The molecule has 1 aliphatic rings. The van der Waals surface area contributed by atoms with Crippen LogP contribution in [0.4, 0.5) is 4.79 Å². The molecule has 0 aliphatic heterocycles. The number of carbonyl (C=O) groups is 1. The minimum absolute atomic E-state index is 0.0386. The van der Waals surface area contributed by atoms with E-state index >= 15 is 0 Å². The predicted molar refractivity (Wildman–Crippen MR) is 207 cm³/mol. The van der Waals surface area contributed by atoms with Gasteiger partial charge in [0, 0.05) is 19.5 Å². The Balaban J connectivity index is 0.969. The number of nitrogens with zero attached hydrogens (tertiary/aromatic N) is 1. The van der Waals surface area contributed by atoms with Crippen LogP contribution in [0, 0.1) is 0 Å². The molecule has 0 spiro atoms. The number of hydrogen-bond acceptors (Lipinski definition) is 13. The third kappa shape index (κ3) is 21.4. The highest BCUT2D eigenvalue weighted by Crippen LogP contribution is 2.44. The first kappa shape index (κ1) is 46.7. The monoisotopic (exact) mass is 779 g/mol. The van der Waals surface area contributed by atoms with E-state index in [1.54, 1.807) is 7.05 Å². The number of carbonyl (C=O) groups excluding carboxylic acids is 1. The molecule has 1 aliphatic carbocycles. The van der Waals surface area contributed by atoms with Crippen molar-refractivity contribution < 1.29 is 61.6 Å². The van der Waals surface area contributed by atoms with E-state index in [-0.39, 0.29) is 18.1 Å². The molecular weight excluding hydrogens is 714 g/mol. The fraction of sp³-hybridized carbons (Fsp3) is 0.683. The lowest BCUT2D eigenvalue weighted by Crippen LogP contribution is -2.32. The highest BCUT2D eigenvalue weighted by atomic mass is 16.6. The van der Waals surface area contributed by atoms with Gasteiger partial charge >= 0.3 is 6.09 Å². The summed E-state index contributed by atoms with van der Waals surface area (Å²) in [6.45, 7) is 15.2. The first-order valence-electron chi connectivity index (χ1n) is 19.5. The second kappa shape index (κ2) is 31.4. The van der Waals surface area contributed by atoms with Gasteiger partial charge in [0.1, 0.15) is 6.61 Å². The first-order chi connectivity index (χ1) is 27.1. The van der Waals surface area contributed by atoms with Gasteiger partial charge in [-0.05, 0) is 36.1 Å². The van der Waals surface area contributed by atoms with Gasteiger partial charge < -0.3 is 61.7 Å². The van der Waals surface area contributed by atoms with E-state index in [1.807, 2.05) is 38.1 Å². The summed E-state index contributed by atoms with van der Waals surface area (Å²) < 4.78 is 66.1. The molecule has 55 heavy (non-hydrogen) atoms. The number of amides is 1. The largest absolute Gasteiger partial charge is 0.448 e. The molecular formula is C41H65NO13. The van der Waals surface area contributed by atoms with Gasteiger partial charge in [0.05, 0.1) is 145 Å². The van der Waals surface area contributed by atoms with E-state index in [9.17, 15) is 4.79 Å². The number of fused-ring (bicyclic) bond motifs is 3. The SMILES string of the molecule is CC(C)OCCOCCOCCOCCOCCOCCOCCOCCOCCOCCOCCN(C)C(=O)OCC1c2ccccc2-c2ccccc21. The summed E-state index contributed by atoms with van der Waals surface area (Å²) >= 11 is 0. The van der Waals surface area contributed by atoms with Crippen LogP contribution < -0.4 is 0 Å². The lowest BCUT2D eigenvalue weighted by atomic mass is 9.98. The Kier molecular flexibility index (Phi) is 26.6. The molecule has 14 heteroatoms. The van der Waals surface area contributed by atoms with Gasteiger partial charge in [-0.1, -0.05) is 48.5 Å². The zero-order chi connectivity index (χ0) is 39.0. The van der Waals surface area contributed by atoms with Gasteiger partial charge in [0.15, 0.2) is 0 Å². The molecule has 0 N–H and O–H groups in total. The van der Waals surface area contributed by atoms with Crippen molar-refractivity contribution in [1.82, 2.24) is 4.90 Å². The minimum atomic E-state index is -0.364. The van der Waals surface area contributed by atoms with Gasteiger partial charge in [0.2, 0.25) is 0 Å². The molecule has 0 atom stereocenters. The molecule has 0 aromatic heterocycles. The van der Waals surface area contributed by atoms with Crippen molar-refractivity contribution >= 4 is 6.09 Å². The number of rotatable bonds is 36. The third-order valence-corrected chi connectivity index (χ3v) is 8.25. The average molecular weight is 780 g/mol. The minimum Gasteiger partial charge on any atom is -0.448 e. The van der Waals surface area contributed by atoms with Crippen LogP contribution in [0.25, 0.3) is 11.1 Å². The summed E-state index contributed by atoms with van der Waals surface area (Å²) in [6, 6.07) is 16.6. The molecule has 3 rings (SSSR count). The van der Waals surface area contributed by atoms with Gasteiger partial charge in [-0.15, -0.1) is 0 Å². The Labute approximate surface area is 327 Å². The van der Waals surface area contributed by atoms with Crippen LogP contribution in [0.1, 0.15) is 30.9 Å². The van der Waals surface area contributed by atoms with E-state index in [1.165, 1.54) is 27.2 Å². The van der Waals surface area contributed by atoms with Crippen molar-refractivity contribution in [3.05, 3.63) is 59.7 Å². The molecule has 0 heterocycles. The normalized spacial score (nSPS) is 12.4. The van der Waals surface area contributed by atoms with Crippen LogP contribution >= 0.6 is 0 Å². The van der Waals surface area contributed by atoms with Crippen molar-refractivity contribution in [3.63, 3.8) is 0 Å². The summed E-state index contributed by atoms with van der Waals surface area (Å²) in [5.74, 6) is 0.0386. The number of likely N-dealkylation sites (N-methyl/N-ethyl adjacent to an activating group) is 1. The summed E-state index contributed by atoms with van der Waals surface area (Å²) in [5.41, 5.74) is 4.80. The number of benzene rings is 2. The molecule has 1 amide bonds. The van der Waals surface area contributed by atoms with Gasteiger partial charge in [0.25, 0.3) is 0 Å². The Hall–Kier alpha value is -2.73. The van der Waals surface area contributed by atoms with Crippen molar-refractivity contribution in [2.24, 2.45) is 0 Å². The van der Waals surface area contributed by atoms with Crippen molar-refractivity contribution in [1.29, 1.82) is 0 Å². The van der Waals surface area contributed by atoms with E-state index in [0.717, 1.165) is 0 Å². The molecule has 0 bridgehead atoms. The zero-order valence-electron chi connectivity index (χ0n) is 33.3. The Morgan fingerprint density at radius 1 is 0.491 bits per heavy atom. The summed E-state index contributed by atoms with van der Waals surface area (Å²) in [5, 5.41) is 0. The lowest BCUT2D eigenvalue weighted by molar-refractivity contribution is -0.0287. The van der Waals surface area contributed by atoms with Crippen LogP contribution in [-0.2, 0) is 56.8 Å². The zero-order valence-corrected chi connectivity index (χ0v) is 33.3. The maximum atomic E-state index is 12.6. The number of ether oxygens (including phenoxy) is 12. The molecule has 0 saturated heterocycles. The fourth-order valence-corrected chi connectivity index (χ4v) is 5.42. The molecule has 0 radical (unpaired) electrons. The number of hydrogen-bond donors (Lipinski definition) is 0. The highest BCUT2D eigenvalue weighted by molar-refractivity contribution is 5.79. The van der Waals surface area contributed by atoms with Crippen LogP contribution in [0.3, 0.4) is 0 Å². The van der Waals surface area contributed by atoms with Crippen molar-refractivity contribution in [2.75, 3.05) is 159 Å². The quantitative estimate of drug-likeness (QED) is 0.0904. The molecule has 0 fully saturated rings. The standard InChI is InChI=1S/C41H65NO13/c1-35(2)54-33-32-53-31-30-52-29-28-51-27-26-50-25-24-49-23-22-48-21-20-47-19-18-46-17-16-45-15-14-44-13-12-42(3)41(43)55-34-40-38-10-6-4-8-36(38)37-9-5-7-11-39(37)40/h4-11,35,40H,12-34H2,1-3H3. The lowest BCUT2D eigenvalue weighted by Gasteiger charge is -2.19. The molecule has 312 valence electrons. The highest BCUT2D eigenvalue weighted by Gasteiger charge is 2.29. The maximum Gasteiger partial charge on any atom is 0.409 e. The van der Waals surface area contributed by atoms with E-state index in [4.69, 9.17) is 56.8 Å². The van der Waals surface area contributed by atoms with Gasteiger partial charge in [-0.25, -0.2) is 4.79 Å². The predicted octanol–water partition coefficient (Wildman–Crippen LogP) is 4.46. The van der Waals surface area contributed by atoms with E-state index in [2.05, 4.69) is 24.3 Å². The van der Waals surface area contributed by atoms with Gasteiger partial charge in [-0.2, -0.15) is 0 Å². The van der Waals surface area contributed by atoms with Gasteiger partial charge in [-0.3, -0.25) is 0 Å². The first-order valence-corrected chi connectivity index (χ1v) is 19.5.